The Kier molecular flexibility index (Phi) is 4.48. The molecule has 1 aliphatic carbocycles. The fraction of sp³-hybridized carbons (Fsp3) is 0.684. The van der Waals surface area contributed by atoms with Gasteiger partial charge in [0.25, 0.3) is 0 Å². The first-order chi connectivity index (χ1) is 11.7. The fourth-order valence-corrected chi connectivity index (χ4v) is 5.13. The average molecular weight is 346 g/mol. The third-order valence-corrected chi connectivity index (χ3v) is 6.67. The molecule has 0 unspecified atom stereocenters. The van der Waals surface area contributed by atoms with Gasteiger partial charge in [-0.1, -0.05) is 20.8 Å². The van der Waals surface area contributed by atoms with Gasteiger partial charge in [-0.15, -0.1) is 11.3 Å². The maximum Gasteiger partial charge on any atom is 0.141 e. The van der Waals surface area contributed by atoms with Gasteiger partial charge in [-0.2, -0.15) is 0 Å². The zero-order valence-corrected chi connectivity index (χ0v) is 15.8. The zero-order valence-electron chi connectivity index (χ0n) is 15.0. The molecule has 1 aliphatic heterocycles. The summed E-state index contributed by atoms with van der Waals surface area (Å²) in [5.74, 6) is 3.38. The Bertz CT molecular complexity index is 736. The van der Waals surface area contributed by atoms with E-state index in [0.29, 0.717) is 5.92 Å². The first-order valence-electron chi connectivity index (χ1n) is 9.32. The second-order valence-electron chi connectivity index (χ2n) is 7.35. The predicted molar refractivity (Wildman–Crippen MR) is 100 cm³/mol. The normalized spacial score (nSPS) is 22.6. The van der Waals surface area contributed by atoms with Crippen LogP contribution in [0.25, 0.3) is 10.2 Å². The van der Waals surface area contributed by atoms with Crippen LogP contribution in [0.3, 0.4) is 0 Å². The molecule has 2 aliphatic rings. The molecule has 0 aromatic carbocycles. The molecule has 1 saturated heterocycles. The molecule has 5 heteroatoms. The Labute approximate surface area is 148 Å². The number of thiophene rings is 1. The van der Waals surface area contributed by atoms with Gasteiger partial charge < -0.3 is 9.64 Å². The lowest BCUT2D eigenvalue weighted by molar-refractivity contribution is 0.122. The van der Waals surface area contributed by atoms with Gasteiger partial charge in [-0.3, -0.25) is 0 Å². The van der Waals surface area contributed by atoms with Crippen LogP contribution in [0.2, 0.25) is 0 Å². The molecule has 4 rings (SSSR count). The minimum absolute atomic E-state index is 0.409. The number of hydrogen-bond donors (Lipinski definition) is 0. The highest BCUT2D eigenvalue weighted by molar-refractivity contribution is 7.19. The molecule has 0 bridgehead atoms. The molecule has 130 valence electrons. The number of morpholine rings is 1. The SMILES string of the molecule is CC[C@@H](C)c1nc(N2CCOCC2)c2c3c(sc2n1)C[C@H](C)CC3. The third kappa shape index (κ3) is 2.82. The van der Waals surface area contributed by atoms with Crippen molar-refractivity contribution in [2.45, 2.75) is 52.4 Å². The standard InChI is InChI=1S/C19H27N3OS/c1-4-13(3)17-20-18(22-7-9-23-10-8-22)16-14-6-5-12(2)11-15(14)24-19(16)21-17/h12-13H,4-11H2,1-3H3/t12-,13-/m1/s1. The number of ether oxygens (including phenoxy) is 1. The largest absolute Gasteiger partial charge is 0.378 e. The van der Waals surface area contributed by atoms with E-state index >= 15 is 0 Å². The van der Waals surface area contributed by atoms with Crippen molar-refractivity contribution in [2.24, 2.45) is 5.92 Å². The Hall–Kier alpha value is -1.20. The number of fused-ring (bicyclic) bond motifs is 3. The molecular formula is C19H27N3OS. The quantitative estimate of drug-likeness (QED) is 0.837. The Morgan fingerprint density at radius 1 is 1.29 bits per heavy atom. The van der Waals surface area contributed by atoms with Crippen molar-refractivity contribution < 1.29 is 4.74 Å². The van der Waals surface area contributed by atoms with Crippen molar-refractivity contribution in [3.63, 3.8) is 0 Å². The van der Waals surface area contributed by atoms with Gasteiger partial charge in [-0.05, 0) is 37.2 Å². The van der Waals surface area contributed by atoms with E-state index in [-0.39, 0.29) is 0 Å². The van der Waals surface area contributed by atoms with Crippen molar-refractivity contribution in [1.29, 1.82) is 0 Å². The summed E-state index contributed by atoms with van der Waals surface area (Å²) in [5, 5.41) is 1.34. The van der Waals surface area contributed by atoms with Crippen LogP contribution in [-0.4, -0.2) is 36.3 Å². The van der Waals surface area contributed by atoms with Gasteiger partial charge in [0.1, 0.15) is 16.5 Å². The summed E-state index contributed by atoms with van der Waals surface area (Å²) in [6, 6.07) is 0. The fourth-order valence-electron chi connectivity index (χ4n) is 3.75. The lowest BCUT2D eigenvalue weighted by Gasteiger charge is -2.29. The van der Waals surface area contributed by atoms with Crippen molar-refractivity contribution >= 4 is 27.4 Å². The van der Waals surface area contributed by atoms with Crippen molar-refractivity contribution in [3.8, 4) is 0 Å². The van der Waals surface area contributed by atoms with E-state index < -0.39 is 0 Å². The molecule has 24 heavy (non-hydrogen) atoms. The third-order valence-electron chi connectivity index (χ3n) is 5.52. The first-order valence-corrected chi connectivity index (χ1v) is 10.1. The van der Waals surface area contributed by atoms with Crippen LogP contribution < -0.4 is 4.90 Å². The van der Waals surface area contributed by atoms with Gasteiger partial charge in [0, 0.05) is 23.9 Å². The lowest BCUT2D eigenvalue weighted by Crippen LogP contribution is -2.37. The van der Waals surface area contributed by atoms with Gasteiger partial charge in [0.05, 0.1) is 18.6 Å². The lowest BCUT2D eigenvalue weighted by atomic mass is 9.89. The summed E-state index contributed by atoms with van der Waals surface area (Å²) in [6.45, 7) is 10.3. The number of hydrogen-bond acceptors (Lipinski definition) is 5. The van der Waals surface area contributed by atoms with Crippen molar-refractivity contribution in [1.82, 2.24) is 9.97 Å². The highest BCUT2D eigenvalue weighted by Gasteiger charge is 2.27. The molecule has 0 radical (unpaired) electrons. The Morgan fingerprint density at radius 3 is 2.83 bits per heavy atom. The van der Waals surface area contributed by atoms with Crippen molar-refractivity contribution in [3.05, 3.63) is 16.3 Å². The molecule has 2 atom stereocenters. The van der Waals surface area contributed by atoms with Crippen LogP contribution in [0.1, 0.15) is 55.8 Å². The van der Waals surface area contributed by atoms with E-state index in [1.807, 2.05) is 11.3 Å². The molecule has 4 nitrogen and oxygen atoms in total. The monoisotopic (exact) mass is 345 g/mol. The summed E-state index contributed by atoms with van der Waals surface area (Å²) >= 11 is 1.91. The molecule has 2 aromatic rings. The van der Waals surface area contributed by atoms with Crippen LogP contribution >= 0.6 is 11.3 Å². The van der Waals surface area contributed by atoms with E-state index in [1.54, 1.807) is 4.88 Å². The first kappa shape index (κ1) is 16.3. The van der Waals surface area contributed by atoms with E-state index in [4.69, 9.17) is 14.7 Å². The molecule has 2 aromatic heterocycles. The molecular weight excluding hydrogens is 318 g/mol. The summed E-state index contributed by atoms with van der Waals surface area (Å²) in [6.07, 6.45) is 4.75. The van der Waals surface area contributed by atoms with Gasteiger partial charge >= 0.3 is 0 Å². The highest BCUT2D eigenvalue weighted by Crippen LogP contribution is 2.41. The summed E-state index contributed by atoms with van der Waals surface area (Å²) in [4.78, 5) is 15.2. The Balaban J connectivity index is 1.88. The van der Waals surface area contributed by atoms with Crippen molar-refractivity contribution in [2.75, 3.05) is 31.2 Å². The van der Waals surface area contributed by atoms with E-state index in [2.05, 4.69) is 25.7 Å². The number of rotatable bonds is 3. The Morgan fingerprint density at radius 2 is 2.08 bits per heavy atom. The predicted octanol–water partition coefficient (Wildman–Crippen LogP) is 4.17. The minimum Gasteiger partial charge on any atom is -0.378 e. The molecule has 0 N–H and O–H groups in total. The molecule has 1 fully saturated rings. The number of aromatic nitrogens is 2. The summed E-state index contributed by atoms with van der Waals surface area (Å²) in [5.41, 5.74) is 1.53. The molecule has 3 heterocycles. The smallest absolute Gasteiger partial charge is 0.141 e. The summed E-state index contributed by atoms with van der Waals surface area (Å²) < 4.78 is 5.56. The topological polar surface area (TPSA) is 38.2 Å². The zero-order chi connectivity index (χ0) is 16.7. The molecule has 0 amide bonds. The van der Waals surface area contributed by atoms with Crippen LogP contribution in [-0.2, 0) is 17.6 Å². The molecule has 0 spiro atoms. The van der Waals surface area contributed by atoms with E-state index in [9.17, 15) is 0 Å². The maximum atomic E-state index is 5.56. The summed E-state index contributed by atoms with van der Waals surface area (Å²) in [7, 11) is 0. The second-order valence-corrected chi connectivity index (χ2v) is 8.43. The van der Waals surface area contributed by atoms with Crippen LogP contribution in [0.4, 0.5) is 5.82 Å². The van der Waals surface area contributed by atoms with Crippen LogP contribution in [0.15, 0.2) is 0 Å². The van der Waals surface area contributed by atoms with Gasteiger partial charge in [-0.25, -0.2) is 9.97 Å². The maximum absolute atomic E-state index is 5.56. The second kappa shape index (κ2) is 6.60. The molecule has 0 saturated carbocycles. The van der Waals surface area contributed by atoms with Gasteiger partial charge in [0.2, 0.25) is 0 Å². The highest BCUT2D eigenvalue weighted by atomic mass is 32.1. The van der Waals surface area contributed by atoms with E-state index in [0.717, 1.165) is 44.5 Å². The average Bonchev–Trinajstić information content (AvgIpc) is 2.98. The van der Waals surface area contributed by atoms with Crippen LogP contribution in [0, 0.1) is 5.92 Å². The number of aryl methyl sites for hydroxylation is 1. The number of nitrogens with zero attached hydrogens (tertiary/aromatic N) is 3. The number of anilines is 1. The van der Waals surface area contributed by atoms with E-state index in [1.165, 1.54) is 40.9 Å². The van der Waals surface area contributed by atoms with Gasteiger partial charge in [0.15, 0.2) is 0 Å². The minimum atomic E-state index is 0.409. The van der Waals surface area contributed by atoms with Crippen LogP contribution in [0.5, 0.6) is 0 Å².